The van der Waals surface area contributed by atoms with Gasteiger partial charge in [0.25, 0.3) is 7.82 Å². The number of phosphoric acid groups is 1. The van der Waals surface area contributed by atoms with Crippen molar-refractivity contribution >= 4 is 13.7 Å². The molecule has 0 aliphatic carbocycles. The first-order valence-electron chi connectivity index (χ1n) is 38.9. The molecule has 3 unspecified atom stereocenters. The minimum absolute atomic E-state index is 0.00674. The van der Waals surface area contributed by atoms with Crippen molar-refractivity contribution in [3.8, 4) is 0 Å². The van der Waals surface area contributed by atoms with Crippen LogP contribution in [0.3, 0.4) is 0 Å². The van der Waals surface area contributed by atoms with E-state index in [9.17, 15) is 19.4 Å². The third-order valence-electron chi connectivity index (χ3n) is 17.6. The normalized spacial score (nSPS) is 14.0. The van der Waals surface area contributed by atoms with Crippen LogP contribution in [-0.2, 0) is 18.4 Å². The minimum Gasteiger partial charge on any atom is -0.756 e. The number of amides is 1. The van der Waals surface area contributed by atoms with Gasteiger partial charge in [0.05, 0.1) is 39.9 Å². The summed E-state index contributed by atoms with van der Waals surface area (Å²) in [6, 6.07) is -0.908. The Labute approximate surface area is 560 Å². The highest BCUT2D eigenvalue weighted by atomic mass is 31.2. The Morgan fingerprint density at radius 1 is 0.400 bits per heavy atom. The molecule has 8 nitrogen and oxygen atoms in total. The van der Waals surface area contributed by atoms with Crippen LogP contribution in [0.2, 0.25) is 0 Å². The quantitative estimate of drug-likeness (QED) is 0.0272. The summed E-state index contributed by atoms with van der Waals surface area (Å²) in [5, 5.41) is 14.0. The van der Waals surface area contributed by atoms with Gasteiger partial charge < -0.3 is 28.8 Å². The standard InChI is InChI=1S/C81H151N2O6P/c1-6-8-10-12-14-16-18-20-22-24-26-28-30-32-34-36-38-39-40-41-42-43-45-47-49-51-53-55-57-59-61-63-65-67-69-71-73-75-81(85)82-79(78-89-90(86,87)88-77-76-83(3,4)5)80(84)74-72-70-68-66-64-62-60-58-56-54-52-50-48-46-44-37-35-33-31-29-27-25-23-21-19-17-15-13-11-9-7-2/h8,10,14,16,20,22,26,28,32,34,64,66,72,74,79-80,84H,6-7,9,11-13,15,17-19,21,23-25,27,29-31,33,35-63,65,67-71,73,75-78H2,1-5H3,(H-,82,85,86,87)/b10-8-,16-14-,22-20-,28-26-,34-32-,66-64+,74-72+. The number of nitrogens with one attached hydrogen (secondary N) is 1. The van der Waals surface area contributed by atoms with Gasteiger partial charge in [0.2, 0.25) is 5.91 Å². The molecule has 0 radical (unpaired) electrons. The number of aliphatic hydroxyl groups is 1. The molecule has 0 aliphatic rings. The molecule has 0 aromatic rings. The van der Waals surface area contributed by atoms with Crippen LogP contribution in [0.4, 0.5) is 0 Å². The van der Waals surface area contributed by atoms with E-state index in [0.29, 0.717) is 17.4 Å². The number of quaternary nitrogens is 1. The van der Waals surface area contributed by atoms with Crippen molar-refractivity contribution in [2.75, 3.05) is 40.9 Å². The van der Waals surface area contributed by atoms with Crippen molar-refractivity contribution in [3.05, 3.63) is 85.1 Å². The highest BCUT2D eigenvalue weighted by Gasteiger charge is 2.23. The van der Waals surface area contributed by atoms with Crippen molar-refractivity contribution in [3.63, 3.8) is 0 Å². The van der Waals surface area contributed by atoms with Gasteiger partial charge in [-0.05, 0) is 77.0 Å². The predicted molar refractivity (Wildman–Crippen MR) is 394 cm³/mol. The van der Waals surface area contributed by atoms with Crippen LogP contribution in [-0.4, -0.2) is 68.5 Å². The number of allylic oxidation sites excluding steroid dienone is 13. The largest absolute Gasteiger partial charge is 0.756 e. The number of rotatable bonds is 72. The summed E-state index contributed by atoms with van der Waals surface area (Å²) in [5.74, 6) is -0.202. The molecule has 0 aromatic carbocycles. The van der Waals surface area contributed by atoms with Crippen LogP contribution < -0.4 is 10.2 Å². The molecule has 0 aliphatic heterocycles. The summed E-state index contributed by atoms with van der Waals surface area (Å²) in [6.07, 6.45) is 102. The Bertz CT molecular complexity index is 1750. The van der Waals surface area contributed by atoms with Gasteiger partial charge in [-0.2, -0.15) is 0 Å². The number of carbonyl (C=O) groups is 1. The lowest BCUT2D eigenvalue weighted by atomic mass is 10.0. The number of aliphatic hydroxyl groups excluding tert-OH is 1. The SMILES string of the molecule is CC/C=C\C/C=C\C/C=C\C/C=C\C/C=C\CCCCCCCCCCCCCCCCCCCCCCCC(=O)NC(COP(=O)([O-])OCC[N+](C)(C)C)C(O)/C=C/CC/C=C/CCCCCCCCCCCCCCCCCCCCCCCCCCC. The fourth-order valence-corrected chi connectivity index (χ4v) is 12.3. The summed E-state index contributed by atoms with van der Waals surface area (Å²) in [5.41, 5.74) is 0. The van der Waals surface area contributed by atoms with Gasteiger partial charge in [-0.3, -0.25) is 9.36 Å². The lowest BCUT2D eigenvalue weighted by molar-refractivity contribution is -0.870. The van der Waals surface area contributed by atoms with Crippen LogP contribution in [0.25, 0.3) is 0 Å². The van der Waals surface area contributed by atoms with Crippen LogP contribution in [0.1, 0.15) is 373 Å². The van der Waals surface area contributed by atoms with Crippen molar-refractivity contribution < 1.29 is 32.9 Å². The Kier molecular flexibility index (Phi) is 69.2. The first-order chi connectivity index (χ1) is 44.0. The van der Waals surface area contributed by atoms with E-state index in [-0.39, 0.29) is 12.5 Å². The molecule has 0 rings (SSSR count). The zero-order chi connectivity index (χ0) is 65.5. The number of carbonyl (C=O) groups excluding carboxylic acids is 1. The summed E-state index contributed by atoms with van der Waals surface area (Å²) in [7, 11) is 1.25. The number of hydrogen-bond acceptors (Lipinski definition) is 6. The predicted octanol–water partition coefficient (Wildman–Crippen LogP) is 24.8. The molecule has 0 bridgehead atoms. The Morgan fingerprint density at radius 2 is 0.689 bits per heavy atom. The maximum absolute atomic E-state index is 13.1. The lowest BCUT2D eigenvalue weighted by Gasteiger charge is -2.29. The van der Waals surface area contributed by atoms with Crippen LogP contribution in [0.15, 0.2) is 85.1 Å². The van der Waals surface area contributed by atoms with E-state index >= 15 is 0 Å². The van der Waals surface area contributed by atoms with Gasteiger partial charge in [-0.25, -0.2) is 0 Å². The van der Waals surface area contributed by atoms with Crippen molar-refractivity contribution in [2.45, 2.75) is 386 Å². The van der Waals surface area contributed by atoms with Crippen molar-refractivity contribution in [2.24, 2.45) is 0 Å². The van der Waals surface area contributed by atoms with E-state index in [2.05, 4.69) is 92.1 Å². The second kappa shape index (κ2) is 71.0. The molecule has 0 saturated carbocycles. The topological polar surface area (TPSA) is 108 Å². The Balaban J connectivity index is 4.01. The molecule has 0 aromatic heterocycles. The van der Waals surface area contributed by atoms with Gasteiger partial charge in [-0.1, -0.05) is 375 Å². The summed E-state index contributed by atoms with van der Waals surface area (Å²) in [4.78, 5) is 25.7. The van der Waals surface area contributed by atoms with Gasteiger partial charge in [0, 0.05) is 6.42 Å². The summed E-state index contributed by atoms with van der Waals surface area (Å²) in [6.45, 7) is 4.56. The van der Waals surface area contributed by atoms with E-state index < -0.39 is 26.6 Å². The van der Waals surface area contributed by atoms with E-state index in [4.69, 9.17) is 9.05 Å². The third-order valence-corrected chi connectivity index (χ3v) is 18.6. The molecule has 3 atom stereocenters. The van der Waals surface area contributed by atoms with Crippen LogP contribution >= 0.6 is 7.82 Å². The number of unbranched alkanes of at least 4 members (excludes halogenated alkanes) is 47. The molecule has 0 fully saturated rings. The Morgan fingerprint density at radius 3 is 1.03 bits per heavy atom. The van der Waals surface area contributed by atoms with Gasteiger partial charge in [0.15, 0.2) is 0 Å². The fourth-order valence-electron chi connectivity index (χ4n) is 11.6. The second-order valence-electron chi connectivity index (χ2n) is 27.7. The van der Waals surface area contributed by atoms with E-state index in [1.807, 2.05) is 27.2 Å². The van der Waals surface area contributed by atoms with E-state index in [0.717, 1.165) is 70.6 Å². The third kappa shape index (κ3) is 73.1. The van der Waals surface area contributed by atoms with Crippen LogP contribution in [0, 0.1) is 0 Å². The monoisotopic (exact) mass is 1280 g/mol. The molecule has 2 N–H and O–H groups in total. The van der Waals surface area contributed by atoms with E-state index in [1.54, 1.807) is 6.08 Å². The Hall–Kier alpha value is -2.32. The van der Waals surface area contributed by atoms with Crippen molar-refractivity contribution in [1.29, 1.82) is 0 Å². The first-order valence-corrected chi connectivity index (χ1v) is 40.4. The molecule has 0 heterocycles. The smallest absolute Gasteiger partial charge is 0.268 e. The fraction of sp³-hybridized carbons (Fsp3) is 0.815. The average Bonchev–Trinajstić information content (AvgIpc) is 3.18. The maximum Gasteiger partial charge on any atom is 0.268 e. The van der Waals surface area contributed by atoms with Gasteiger partial charge in [0.1, 0.15) is 13.2 Å². The first kappa shape index (κ1) is 87.7. The number of likely N-dealkylation sites (N-methyl/N-ethyl adjacent to an activating group) is 1. The molecule has 9 heteroatoms. The molecule has 0 saturated heterocycles. The zero-order valence-corrected chi connectivity index (χ0v) is 61.2. The minimum atomic E-state index is -4.62. The number of hydrogen-bond donors (Lipinski definition) is 2. The summed E-state index contributed by atoms with van der Waals surface area (Å²) >= 11 is 0. The molecule has 0 spiro atoms. The molecule has 526 valence electrons. The second-order valence-corrected chi connectivity index (χ2v) is 29.1. The molecule has 90 heavy (non-hydrogen) atoms. The maximum atomic E-state index is 13.1. The average molecular weight is 1280 g/mol. The van der Waals surface area contributed by atoms with Crippen molar-refractivity contribution in [1.82, 2.24) is 5.32 Å². The molecular weight excluding hydrogens is 1130 g/mol. The van der Waals surface area contributed by atoms with Gasteiger partial charge >= 0.3 is 0 Å². The lowest BCUT2D eigenvalue weighted by Crippen LogP contribution is -2.45. The number of phosphoric ester groups is 1. The highest BCUT2D eigenvalue weighted by molar-refractivity contribution is 7.45. The van der Waals surface area contributed by atoms with Gasteiger partial charge in [-0.15, -0.1) is 0 Å². The molecular formula is C81H151N2O6P. The zero-order valence-electron chi connectivity index (χ0n) is 60.3. The highest BCUT2D eigenvalue weighted by Crippen LogP contribution is 2.38. The summed E-state index contributed by atoms with van der Waals surface area (Å²) < 4.78 is 23.5. The molecule has 1 amide bonds. The van der Waals surface area contributed by atoms with E-state index in [1.165, 1.54) is 283 Å². The number of nitrogens with zero attached hydrogens (tertiary/aromatic N) is 1. The van der Waals surface area contributed by atoms with Crippen LogP contribution in [0.5, 0.6) is 0 Å².